The van der Waals surface area contributed by atoms with E-state index in [0.29, 0.717) is 28.9 Å². The summed E-state index contributed by atoms with van der Waals surface area (Å²) in [5.41, 5.74) is 2.69. The topological polar surface area (TPSA) is 29.3 Å². The molecule has 4 heteroatoms. The van der Waals surface area contributed by atoms with Gasteiger partial charge in [-0.3, -0.25) is 5.84 Å². The van der Waals surface area contributed by atoms with Crippen molar-refractivity contribution in [3.05, 3.63) is 47.0 Å². The molecule has 26 heavy (non-hydrogen) atoms. The standard InChI is InChI=1S/C22H30F2N2/c1-14-4-7-16(8-5-14)19-10-11-20(22(24)21(19)23)17-9-6-15(2)18(12-17)13-26(3)25/h7,9-11,14-15,18H,4-6,8,12-13,25H2,1-3H3. The van der Waals surface area contributed by atoms with Gasteiger partial charge in [0.1, 0.15) is 0 Å². The van der Waals surface area contributed by atoms with Gasteiger partial charge in [-0.05, 0) is 61.0 Å². The first-order valence-electron chi connectivity index (χ1n) is 9.69. The molecule has 2 N–H and O–H groups in total. The normalized spacial score (nSPS) is 26.7. The van der Waals surface area contributed by atoms with Gasteiger partial charge in [0, 0.05) is 24.7 Å². The predicted molar refractivity (Wildman–Crippen MR) is 104 cm³/mol. The van der Waals surface area contributed by atoms with Gasteiger partial charge in [-0.2, -0.15) is 0 Å². The molecular formula is C22H30F2N2. The minimum Gasteiger partial charge on any atom is -0.269 e. The molecule has 0 fully saturated rings. The molecule has 2 nitrogen and oxygen atoms in total. The van der Waals surface area contributed by atoms with Gasteiger partial charge in [-0.1, -0.05) is 38.1 Å². The smallest absolute Gasteiger partial charge is 0.166 e. The Bertz CT molecular complexity index is 721. The molecule has 0 aromatic heterocycles. The third kappa shape index (κ3) is 4.07. The zero-order chi connectivity index (χ0) is 18.8. The van der Waals surface area contributed by atoms with Crippen LogP contribution in [0.25, 0.3) is 11.1 Å². The van der Waals surface area contributed by atoms with Crippen LogP contribution >= 0.6 is 0 Å². The molecule has 3 unspecified atom stereocenters. The van der Waals surface area contributed by atoms with Crippen LogP contribution in [0.15, 0.2) is 24.3 Å². The lowest BCUT2D eigenvalue weighted by Crippen LogP contribution is -2.35. The number of hydrogen-bond donors (Lipinski definition) is 1. The van der Waals surface area contributed by atoms with Gasteiger partial charge in [0.05, 0.1) is 0 Å². The van der Waals surface area contributed by atoms with Crippen LogP contribution < -0.4 is 5.84 Å². The van der Waals surface area contributed by atoms with E-state index in [0.717, 1.165) is 49.8 Å². The number of halogens is 2. The number of allylic oxidation sites excluding steroid dienone is 4. The fourth-order valence-electron chi connectivity index (χ4n) is 4.18. The monoisotopic (exact) mass is 360 g/mol. The Morgan fingerprint density at radius 1 is 1.04 bits per heavy atom. The summed E-state index contributed by atoms with van der Waals surface area (Å²) in [5, 5.41) is 1.68. The number of hydrogen-bond acceptors (Lipinski definition) is 2. The largest absolute Gasteiger partial charge is 0.269 e. The summed E-state index contributed by atoms with van der Waals surface area (Å²) < 4.78 is 29.7. The Morgan fingerprint density at radius 3 is 2.23 bits per heavy atom. The van der Waals surface area contributed by atoms with Crippen LogP contribution in [-0.2, 0) is 0 Å². The van der Waals surface area contributed by atoms with Crippen molar-refractivity contribution in [1.29, 1.82) is 0 Å². The molecule has 0 bridgehead atoms. The van der Waals surface area contributed by atoms with E-state index in [2.05, 4.69) is 26.0 Å². The van der Waals surface area contributed by atoms with Crippen LogP contribution in [0, 0.1) is 29.4 Å². The summed E-state index contributed by atoms with van der Waals surface area (Å²) in [6.45, 7) is 5.14. The fourth-order valence-corrected chi connectivity index (χ4v) is 4.18. The van der Waals surface area contributed by atoms with Gasteiger partial charge in [-0.15, -0.1) is 0 Å². The average Bonchev–Trinajstić information content (AvgIpc) is 2.60. The average molecular weight is 360 g/mol. The Labute approximate surface area is 155 Å². The molecule has 1 aromatic rings. The molecule has 0 saturated heterocycles. The van der Waals surface area contributed by atoms with Gasteiger partial charge < -0.3 is 0 Å². The summed E-state index contributed by atoms with van der Waals surface area (Å²) in [6, 6.07) is 3.52. The van der Waals surface area contributed by atoms with Crippen molar-refractivity contribution in [1.82, 2.24) is 5.01 Å². The van der Waals surface area contributed by atoms with E-state index < -0.39 is 11.6 Å². The van der Waals surface area contributed by atoms with Crippen LogP contribution in [0.1, 0.15) is 57.1 Å². The Hall–Kier alpha value is -1.52. The van der Waals surface area contributed by atoms with Gasteiger partial charge >= 0.3 is 0 Å². The van der Waals surface area contributed by atoms with Gasteiger partial charge in [0.2, 0.25) is 0 Å². The van der Waals surface area contributed by atoms with E-state index in [9.17, 15) is 8.78 Å². The van der Waals surface area contributed by atoms with E-state index in [-0.39, 0.29) is 0 Å². The molecular weight excluding hydrogens is 330 g/mol. The zero-order valence-electron chi connectivity index (χ0n) is 16.1. The fraction of sp³-hybridized carbons (Fsp3) is 0.545. The number of rotatable bonds is 4. The lowest BCUT2D eigenvalue weighted by atomic mass is 9.78. The molecule has 3 atom stereocenters. The van der Waals surface area contributed by atoms with Crippen LogP contribution in [0.2, 0.25) is 0 Å². The highest BCUT2D eigenvalue weighted by Crippen LogP contribution is 2.38. The van der Waals surface area contributed by atoms with Crippen LogP contribution in [-0.4, -0.2) is 18.6 Å². The first-order chi connectivity index (χ1) is 12.4. The van der Waals surface area contributed by atoms with E-state index in [1.54, 1.807) is 17.1 Å². The van der Waals surface area contributed by atoms with Crippen LogP contribution in [0.3, 0.4) is 0 Å². The summed E-state index contributed by atoms with van der Waals surface area (Å²) in [5.74, 6) is 5.88. The van der Waals surface area contributed by atoms with Crippen molar-refractivity contribution >= 4 is 11.1 Å². The predicted octanol–water partition coefficient (Wildman–Crippen LogP) is 5.40. The Morgan fingerprint density at radius 2 is 1.65 bits per heavy atom. The van der Waals surface area contributed by atoms with Crippen molar-refractivity contribution < 1.29 is 8.78 Å². The quantitative estimate of drug-likeness (QED) is 0.575. The van der Waals surface area contributed by atoms with E-state index in [1.165, 1.54) is 0 Å². The molecule has 2 aliphatic carbocycles. The number of benzene rings is 1. The molecule has 142 valence electrons. The molecule has 2 aliphatic rings. The SMILES string of the molecule is CC1CC=C(c2ccc(C3=CCC(C)C(CN(C)N)C3)c(F)c2F)CC1. The zero-order valence-corrected chi connectivity index (χ0v) is 16.1. The second-order valence-electron chi connectivity index (χ2n) is 8.24. The van der Waals surface area contributed by atoms with Crippen LogP contribution in [0.5, 0.6) is 0 Å². The van der Waals surface area contributed by atoms with E-state index in [1.807, 2.05) is 7.05 Å². The van der Waals surface area contributed by atoms with Crippen molar-refractivity contribution in [2.75, 3.05) is 13.6 Å². The number of hydrazine groups is 1. The molecule has 1 aromatic carbocycles. The highest BCUT2D eigenvalue weighted by atomic mass is 19.2. The maximum absolute atomic E-state index is 14.9. The minimum atomic E-state index is -0.706. The lowest BCUT2D eigenvalue weighted by Gasteiger charge is -2.31. The van der Waals surface area contributed by atoms with Crippen molar-refractivity contribution in [3.63, 3.8) is 0 Å². The lowest BCUT2D eigenvalue weighted by molar-refractivity contribution is 0.230. The van der Waals surface area contributed by atoms with E-state index >= 15 is 0 Å². The van der Waals surface area contributed by atoms with Gasteiger partial charge in [-0.25, -0.2) is 13.8 Å². The highest BCUT2D eigenvalue weighted by molar-refractivity contribution is 5.72. The van der Waals surface area contributed by atoms with Crippen molar-refractivity contribution in [3.8, 4) is 0 Å². The number of nitrogens with zero attached hydrogens (tertiary/aromatic N) is 1. The minimum absolute atomic E-state index is 0.356. The maximum atomic E-state index is 14.9. The first kappa shape index (κ1) is 19.2. The second kappa shape index (κ2) is 8.01. The van der Waals surface area contributed by atoms with Crippen LogP contribution in [0.4, 0.5) is 8.78 Å². The molecule has 3 rings (SSSR count). The Balaban J connectivity index is 1.87. The molecule has 0 radical (unpaired) electrons. The van der Waals surface area contributed by atoms with Crippen molar-refractivity contribution in [2.24, 2.45) is 23.6 Å². The molecule has 0 amide bonds. The van der Waals surface area contributed by atoms with E-state index in [4.69, 9.17) is 5.84 Å². The molecule has 0 aliphatic heterocycles. The molecule has 0 saturated carbocycles. The van der Waals surface area contributed by atoms with Gasteiger partial charge in [0.15, 0.2) is 11.6 Å². The van der Waals surface area contributed by atoms with Gasteiger partial charge in [0.25, 0.3) is 0 Å². The first-order valence-corrected chi connectivity index (χ1v) is 9.69. The summed E-state index contributed by atoms with van der Waals surface area (Å²) >= 11 is 0. The summed E-state index contributed by atoms with van der Waals surface area (Å²) in [7, 11) is 1.85. The maximum Gasteiger partial charge on any atom is 0.166 e. The third-order valence-electron chi connectivity index (χ3n) is 5.99. The molecule has 0 heterocycles. The second-order valence-corrected chi connectivity index (χ2v) is 8.24. The summed E-state index contributed by atoms with van der Waals surface area (Å²) in [6.07, 6.45) is 8.54. The molecule has 0 spiro atoms. The number of nitrogens with two attached hydrogens (primary N) is 1. The Kier molecular flexibility index (Phi) is 5.93. The van der Waals surface area contributed by atoms with Crippen molar-refractivity contribution in [2.45, 2.75) is 46.0 Å². The third-order valence-corrected chi connectivity index (χ3v) is 5.99. The summed E-state index contributed by atoms with van der Waals surface area (Å²) in [4.78, 5) is 0. The highest BCUT2D eigenvalue weighted by Gasteiger charge is 2.27.